The van der Waals surface area contributed by atoms with Crippen LogP contribution in [0.3, 0.4) is 0 Å². The van der Waals surface area contributed by atoms with E-state index in [1.54, 1.807) is 0 Å². The van der Waals surface area contributed by atoms with Crippen LogP contribution >= 0.6 is 0 Å². The first-order valence-electron chi connectivity index (χ1n) is 4.89. The molecule has 0 saturated carbocycles. The Kier molecular flexibility index (Phi) is 2.41. The molecule has 0 aliphatic carbocycles. The van der Waals surface area contributed by atoms with Crippen molar-refractivity contribution in [1.82, 2.24) is 0 Å². The minimum atomic E-state index is -4.16. The molecule has 0 unspecified atom stereocenters. The van der Waals surface area contributed by atoms with Gasteiger partial charge in [0.15, 0.2) is 12.4 Å². The topological polar surface area (TPSA) is 135 Å². The highest BCUT2D eigenvalue weighted by Crippen LogP contribution is 2.03. The second kappa shape index (κ2) is 4.87. The van der Waals surface area contributed by atoms with E-state index in [9.17, 15) is 14.7 Å². The van der Waals surface area contributed by atoms with Gasteiger partial charge in [-0.3, -0.25) is 0 Å². The zero-order valence-electron chi connectivity index (χ0n) is 10.1. The van der Waals surface area contributed by atoms with Crippen molar-refractivity contribution >= 4 is 12.2 Å². The molecule has 0 radical (unpaired) electrons. The number of carbonyl (C=O) groups excluding carboxylic acids is 1. The fraction of sp³-hybridized carbons (Fsp3) is 0.667. The number of aliphatic carboxylic acids is 1. The molecule has 4 atom stereocenters. The third-order valence-corrected chi connectivity index (χ3v) is 1.06. The highest BCUT2D eigenvalue weighted by atomic mass is 16.4. The van der Waals surface area contributed by atoms with Gasteiger partial charge in [0.25, 0.3) is 0 Å². The van der Waals surface area contributed by atoms with Gasteiger partial charge in [-0.1, -0.05) is 0 Å². The van der Waals surface area contributed by atoms with Gasteiger partial charge in [-0.15, -0.1) is 0 Å². The van der Waals surface area contributed by atoms with E-state index in [-0.39, 0.29) is 0 Å². The molecule has 0 saturated heterocycles. The van der Waals surface area contributed by atoms with Crippen LogP contribution in [0.2, 0.25) is 0 Å². The van der Waals surface area contributed by atoms with Gasteiger partial charge in [-0.25, -0.2) is 4.79 Å². The molecule has 0 aromatic rings. The summed E-state index contributed by atoms with van der Waals surface area (Å²) >= 11 is 0. The summed E-state index contributed by atoms with van der Waals surface area (Å²) in [6.07, 6.45) is -17.5. The van der Waals surface area contributed by atoms with Crippen LogP contribution in [0.4, 0.5) is 0 Å². The van der Waals surface area contributed by atoms with Crippen LogP contribution in [0.15, 0.2) is 0 Å². The van der Waals surface area contributed by atoms with Gasteiger partial charge >= 0.3 is 5.97 Å². The van der Waals surface area contributed by atoms with Gasteiger partial charge in [0.1, 0.15) is 19.6 Å². The van der Waals surface area contributed by atoms with Crippen LogP contribution in [0.25, 0.3) is 0 Å². The van der Waals surface area contributed by atoms with Gasteiger partial charge in [-0.2, -0.15) is 0 Å². The lowest BCUT2D eigenvalue weighted by atomic mass is 10.0. The second-order valence-electron chi connectivity index (χ2n) is 1.93. The number of carboxylic acid groups (broad SMARTS) is 1. The van der Waals surface area contributed by atoms with Crippen LogP contribution < -0.4 is 0 Å². The number of carboxylic acids is 1. The van der Waals surface area contributed by atoms with Gasteiger partial charge in [-0.05, 0) is 0 Å². The van der Waals surface area contributed by atoms with E-state index in [1.165, 1.54) is 0 Å². The number of aliphatic hydroxyl groups excluding tert-OH is 1. The Balaban J connectivity index is 5.59. The summed E-state index contributed by atoms with van der Waals surface area (Å²) in [4.78, 5) is 20.8. The summed E-state index contributed by atoms with van der Waals surface area (Å²) in [5.41, 5.74) is 0. The summed E-state index contributed by atoms with van der Waals surface area (Å²) < 4.78 is 26.9. The van der Waals surface area contributed by atoms with Gasteiger partial charge in [0.05, 0.1) is 4.11 Å². The van der Waals surface area contributed by atoms with Gasteiger partial charge < -0.3 is 30.3 Å². The normalized spacial score (nSPS) is 31.7. The average Bonchev–Trinajstić information content (AvgIpc) is 2.15. The fourth-order valence-corrected chi connectivity index (χ4v) is 0.416. The van der Waals surface area contributed by atoms with Crippen molar-refractivity contribution in [2.24, 2.45) is 0 Å². The van der Waals surface area contributed by atoms with Gasteiger partial charge in [0, 0.05) is 0 Å². The Morgan fingerprint density at radius 1 is 1.31 bits per heavy atom. The number of aldehydes is 1. The molecule has 5 N–H and O–H groups in total. The maximum atomic E-state index is 10.5. The van der Waals surface area contributed by atoms with E-state index in [1.807, 2.05) is 0 Å². The van der Waals surface area contributed by atoms with Crippen LogP contribution in [0, 0.1) is 0 Å². The van der Waals surface area contributed by atoms with E-state index in [4.69, 9.17) is 25.9 Å². The highest BCUT2D eigenvalue weighted by molar-refractivity contribution is 5.73. The van der Waals surface area contributed by atoms with Crippen molar-refractivity contribution in [3.05, 3.63) is 0 Å². The van der Waals surface area contributed by atoms with E-state index >= 15 is 0 Å². The SMILES string of the molecule is [2H]C(=O)[C@]([2H])(O)[C@@]([2H])(O)[C@]([2H])(O)[C@H](O)C(=O)O. The lowest BCUT2D eigenvalue weighted by Crippen LogP contribution is -2.48. The molecule has 7 heteroatoms. The van der Waals surface area contributed by atoms with E-state index < -0.39 is 36.6 Å². The molecule has 13 heavy (non-hydrogen) atoms. The molecule has 0 fully saturated rings. The molecule has 0 bridgehead atoms. The monoisotopic (exact) mass is 198 g/mol. The Morgan fingerprint density at radius 2 is 1.77 bits per heavy atom. The van der Waals surface area contributed by atoms with Crippen molar-refractivity contribution < 1.29 is 40.6 Å². The zero-order valence-corrected chi connectivity index (χ0v) is 6.13. The van der Waals surface area contributed by atoms with Crippen LogP contribution in [0.1, 0.15) is 5.48 Å². The number of hydrogen-bond donors (Lipinski definition) is 5. The van der Waals surface area contributed by atoms with Crippen molar-refractivity contribution in [2.45, 2.75) is 24.3 Å². The highest BCUT2D eigenvalue weighted by Gasteiger charge is 2.33. The van der Waals surface area contributed by atoms with E-state index in [2.05, 4.69) is 0 Å². The van der Waals surface area contributed by atoms with Crippen molar-refractivity contribution in [1.29, 1.82) is 0 Å². The fourth-order valence-electron chi connectivity index (χ4n) is 0.416. The summed E-state index contributed by atoms with van der Waals surface area (Å²) in [5, 5.41) is 44.5. The first kappa shape index (κ1) is 6.44. The Hall–Kier alpha value is -1.02. The van der Waals surface area contributed by atoms with E-state index in [0.29, 0.717) is 0 Å². The standard InChI is InChI=1S/C6H10O7/c7-1-2(8)3(9)4(10)5(11)6(12)13/h1-5,8-11H,(H,12,13)/t2-,3+,4-,5-/m0/s1/i1D,2D,3D,4D. The molecule has 0 aromatic heterocycles. The zero-order chi connectivity index (χ0) is 14.2. The molecular weight excluding hydrogens is 184 g/mol. The first-order chi connectivity index (χ1) is 7.30. The van der Waals surface area contributed by atoms with E-state index in [0.717, 1.165) is 0 Å². The summed E-state index contributed by atoms with van der Waals surface area (Å²) in [6.45, 7) is 0. The van der Waals surface area contributed by atoms with Gasteiger partial charge in [0.2, 0.25) is 0 Å². The average molecular weight is 198 g/mol. The molecule has 0 heterocycles. The lowest BCUT2D eigenvalue weighted by Gasteiger charge is -2.21. The second-order valence-corrected chi connectivity index (χ2v) is 1.93. The Morgan fingerprint density at radius 3 is 2.08 bits per heavy atom. The minimum Gasteiger partial charge on any atom is -0.479 e. The first-order valence-corrected chi connectivity index (χ1v) is 2.89. The molecular formula is C6H10O7. The van der Waals surface area contributed by atoms with Crippen LogP contribution in [-0.4, -0.2) is 62.1 Å². The molecule has 76 valence electrons. The largest absolute Gasteiger partial charge is 0.479 e. The van der Waals surface area contributed by atoms with Crippen LogP contribution in [0.5, 0.6) is 0 Å². The molecule has 0 aromatic carbocycles. The molecule has 0 spiro atoms. The minimum absolute atomic E-state index is 2.23. The quantitative estimate of drug-likeness (QED) is 0.292. The molecule has 7 nitrogen and oxygen atoms in total. The van der Waals surface area contributed by atoms with Crippen molar-refractivity contribution in [2.75, 3.05) is 0 Å². The third-order valence-electron chi connectivity index (χ3n) is 1.06. The maximum absolute atomic E-state index is 10.5. The number of rotatable bonds is 5. The predicted molar refractivity (Wildman–Crippen MR) is 37.7 cm³/mol. The lowest BCUT2D eigenvalue weighted by molar-refractivity contribution is -0.163. The molecule has 0 aliphatic heterocycles. The van der Waals surface area contributed by atoms with Crippen molar-refractivity contribution in [3.63, 3.8) is 0 Å². The Labute approximate surface area is 78.5 Å². The van der Waals surface area contributed by atoms with Crippen LogP contribution in [-0.2, 0) is 9.59 Å². The predicted octanol–water partition coefficient (Wildman–Crippen LogP) is -3.29. The number of aliphatic hydroxyl groups is 4. The van der Waals surface area contributed by atoms with Crippen molar-refractivity contribution in [3.8, 4) is 0 Å². The molecule has 0 amide bonds. The number of hydrogen-bond acceptors (Lipinski definition) is 6. The summed E-state index contributed by atoms with van der Waals surface area (Å²) in [5.74, 6) is -2.23. The molecule has 0 aliphatic rings. The number of carbonyl (C=O) groups is 2. The molecule has 0 rings (SSSR count). The third kappa shape index (κ3) is 3.07. The smallest absolute Gasteiger partial charge is 0.335 e. The Bertz CT molecular complexity index is 339. The summed E-state index contributed by atoms with van der Waals surface area (Å²) in [6, 6.07) is 0. The summed E-state index contributed by atoms with van der Waals surface area (Å²) in [7, 11) is 0. The maximum Gasteiger partial charge on any atom is 0.335 e.